The number of ether oxygens (including phenoxy) is 1. The Labute approximate surface area is 158 Å². The molecule has 0 saturated heterocycles. The number of nitrogens with zero attached hydrogens (tertiary/aromatic N) is 2. The summed E-state index contributed by atoms with van der Waals surface area (Å²) >= 11 is 2.79. The summed E-state index contributed by atoms with van der Waals surface area (Å²) in [5.74, 6) is -0.899. The number of hydrogen-bond donors (Lipinski definition) is 1. The zero-order valence-electron chi connectivity index (χ0n) is 14.3. The number of esters is 1. The molecule has 0 spiro atoms. The highest BCUT2D eigenvalue weighted by Crippen LogP contribution is 2.24. The first-order chi connectivity index (χ1) is 12.5. The van der Waals surface area contributed by atoms with Crippen LogP contribution >= 0.6 is 22.7 Å². The van der Waals surface area contributed by atoms with Crippen LogP contribution in [0.4, 0.5) is 5.13 Å². The Morgan fingerprint density at radius 3 is 2.62 bits per heavy atom. The predicted octanol–water partition coefficient (Wildman–Crippen LogP) is 3.69. The fourth-order valence-corrected chi connectivity index (χ4v) is 3.54. The summed E-state index contributed by atoms with van der Waals surface area (Å²) in [6.07, 6.45) is -0.858. The fraction of sp³-hybridized carbons (Fsp3) is 0.222. The van der Waals surface area contributed by atoms with E-state index >= 15 is 0 Å². The average molecular weight is 387 g/mol. The third-order valence-electron chi connectivity index (χ3n) is 3.47. The predicted molar refractivity (Wildman–Crippen MR) is 102 cm³/mol. The Hall–Kier alpha value is -2.58. The fourth-order valence-electron chi connectivity index (χ4n) is 2.21. The van der Waals surface area contributed by atoms with E-state index < -0.39 is 18.0 Å². The van der Waals surface area contributed by atoms with Gasteiger partial charge in [0.25, 0.3) is 5.91 Å². The second-order valence-corrected chi connectivity index (χ2v) is 7.48. The lowest BCUT2D eigenvalue weighted by atomic mass is 10.2. The van der Waals surface area contributed by atoms with E-state index in [0.717, 1.165) is 16.3 Å². The zero-order chi connectivity index (χ0) is 18.5. The molecule has 8 heteroatoms. The molecule has 1 unspecified atom stereocenters. The maximum absolute atomic E-state index is 12.2. The Balaban J connectivity index is 1.54. The number of carbonyl (C=O) groups excluding carboxylic acids is 2. The molecule has 6 nitrogen and oxygen atoms in total. The molecule has 0 aliphatic carbocycles. The van der Waals surface area contributed by atoms with E-state index in [4.69, 9.17) is 4.74 Å². The van der Waals surface area contributed by atoms with Crippen molar-refractivity contribution < 1.29 is 14.3 Å². The van der Waals surface area contributed by atoms with Crippen molar-refractivity contribution in [2.24, 2.45) is 0 Å². The van der Waals surface area contributed by atoms with E-state index in [1.807, 2.05) is 48.0 Å². The van der Waals surface area contributed by atoms with Gasteiger partial charge in [0.15, 0.2) is 11.2 Å². The number of hydrogen-bond acceptors (Lipinski definition) is 7. The lowest BCUT2D eigenvalue weighted by molar-refractivity contribution is -0.152. The highest BCUT2D eigenvalue weighted by atomic mass is 32.1. The second-order valence-electron chi connectivity index (χ2n) is 5.56. The molecule has 3 aromatic rings. The van der Waals surface area contributed by atoms with E-state index in [1.54, 1.807) is 0 Å². The van der Waals surface area contributed by atoms with E-state index in [-0.39, 0.29) is 6.42 Å². The first kappa shape index (κ1) is 18.2. The van der Waals surface area contributed by atoms with E-state index in [9.17, 15) is 9.59 Å². The highest BCUT2D eigenvalue weighted by Gasteiger charge is 2.20. The Bertz CT molecular complexity index is 905. The van der Waals surface area contributed by atoms with Crippen LogP contribution in [0.5, 0.6) is 0 Å². The molecular formula is C18H17N3O3S2. The van der Waals surface area contributed by atoms with Gasteiger partial charge in [-0.25, -0.2) is 9.97 Å². The molecule has 2 heterocycles. The molecule has 0 aliphatic rings. The number of nitrogens with one attached hydrogen (secondary N) is 1. The lowest BCUT2D eigenvalue weighted by Gasteiger charge is -2.11. The van der Waals surface area contributed by atoms with Gasteiger partial charge in [-0.1, -0.05) is 30.3 Å². The van der Waals surface area contributed by atoms with Crippen LogP contribution in [0.25, 0.3) is 11.3 Å². The minimum absolute atomic E-state index is 0.0529. The van der Waals surface area contributed by atoms with Gasteiger partial charge in [0.1, 0.15) is 0 Å². The van der Waals surface area contributed by atoms with Crippen molar-refractivity contribution in [2.45, 2.75) is 26.4 Å². The van der Waals surface area contributed by atoms with Crippen molar-refractivity contribution in [1.29, 1.82) is 0 Å². The van der Waals surface area contributed by atoms with Gasteiger partial charge in [0, 0.05) is 16.3 Å². The normalized spacial score (nSPS) is 11.8. The van der Waals surface area contributed by atoms with Crippen molar-refractivity contribution in [2.75, 3.05) is 5.32 Å². The van der Waals surface area contributed by atoms with Gasteiger partial charge < -0.3 is 4.74 Å². The zero-order valence-corrected chi connectivity index (χ0v) is 15.9. The van der Waals surface area contributed by atoms with Crippen LogP contribution in [0, 0.1) is 6.92 Å². The SMILES string of the molecule is Cc1nc(CC(=O)OC(C)C(=O)Nc2nc(-c3ccccc3)cs2)cs1. The van der Waals surface area contributed by atoms with Crippen LogP contribution in [0.15, 0.2) is 41.1 Å². The monoisotopic (exact) mass is 387 g/mol. The third kappa shape index (κ3) is 4.74. The van der Waals surface area contributed by atoms with Crippen LogP contribution in [0.3, 0.4) is 0 Å². The second kappa shape index (κ2) is 8.20. The molecular weight excluding hydrogens is 370 g/mol. The lowest BCUT2D eigenvalue weighted by Crippen LogP contribution is -2.30. The van der Waals surface area contributed by atoms with Crippen LogP contribution in [-0.4, -0.2) is 27.9 Å². The van der Waals surface area contributed by atoms with E-state index in [2.05, 4.69) is 15.3 Å². The molecule has 0 aliphatic heterocycles. The minimum atomic E-state index is -0.911. The topological polar surface area (TPSA) is 81.2 Å². The number of benzene rings is 1. The number of thiazole rings is 2. The van der Waals surface area contributed by atoms with Gasteiger partial charge >= 0.3 is 5.97 Å². The molecule has 2 aromatic heterocycles. The summed E-state index contributed by atoms with van der Waals surface area (Å²) in [5, 5.41) is 7.71. The van der Waals surface area contributed by atoms with Gasteiger partial charge in [0.05, 0.1) is 22.8 Å². The third-order valence-corrected chi connectivity index (χ3v) is 5.05. The number of anilines is 1. The van der Waals surface area contributed by atoms with Crippen molar-refractivity contribution in [1.82, 2.24) is 9.97 Å². The number of aryl methyl sites for hydroxylation is 1. The quantitative estimate of drug-likeness (QED) is 0.653. The van der Waals surface area contributed by atoms with Crippen LogP contribution in [0.2, 0.25) is 0 Å². The average Bonchev–Trinajstić information content (AvgIpc) is 3.24. The Morgan fingerprint density at radius 2 is 1.92 bits per heavy atom. The summed E-state index contributed by atoms with van der Waals surface area (Å²) < 4.78 is 5.18. The molecule has 1 N–H and O–H groups in total. The summed E-state index contributed by atoms with van der Waals surface area (Å²) in [4.78, 5) is 32.7. The highest BCUT2D eigenvalue weighted by molar-refractivity contribution is 7.14. The minimum Gasteiger partial charge on any atom is -0.452 e. The first-order valence-electron chi connectivity index (χ1n) is 7.93. The van der Waals surface area contributed by atoms with E-state index in [0.29, 0.717) is 10.8 Å². The smallest absolute Gasteiger partial charge is 0.312 e. The maximum Gasteiger partial charge on any atom is 0.312 e. The molecule has 1 amide bonds. The summed E-state index contributed by atoms with van der Waals surface area (Å²) in [7, 11) is 0. The van der Waals surface area contributed by atoms with Gasteiger partial charge in [-0.15, -0.1) is 22.7 Å². The van der Waals surface area contributed by atoms with Crippen molar-refractivity contribution in [3.05, 3.63) is 51.8 Å². The van der Waals surface area contributed by atoms with Gasteiger partial charge in [-0.3, -0.25) is 14.9 Å². The van der Waals surface area contributed by atoms with Crippen LogP contribution in [0.1, 0.15) is 17.6 Å². The standard InChI is InChI=1S/C18H17N3O3S2/c1-11(24-16(22)8-14-9-25-12(2)19-14)17(23)21-18-20-15(10-26-18)13-6-4-3-5-7-13/h3-7,9-11H,8H2,1-2H3,(H,20,21,23). The molecule has 0 saturated carbocycles. The van der Waals surface area contributed by atoms with Crippen LogP contribution < -0.4 is 5.32 Å². The number of aromatic nitrogens is 2. The summed E-state index contributed by atoms with van der Waals surface area (Å²) in [6.45, 7) is 3.40. The van der Waals surface area contributed by atoms with Crippen LogP contribution in [-0.2, 0) is 20.7 Å². The summed E-state index contributed by atoms with van der Waals surface area (Å²) in [6, 6.07) is 9.69. The Kier molecular flexibility index (Phi) is 5.75. The largest absolute Gasteiger partial charge is 0.452 e. The van der Waals surface area contributed by atoms with Gasteiger partial charge in [-0.2, -0.15) is 0 Å². The number of amides is 1. The molecule has 0 fully saturated rings. The number of rotatable bonds is 6. The van der Waals surface area contributed by atoms with Gasteiger partial charge in [-0.05, 0) is 13.8 Å². The molecule has 0 bridgehead atoms. The maximum atomic E-state index is 12.2. The van der Waals surface area contributed by atoms with Crippen molar-refractivity contribution in [3.63, 3.8) is 0 Å². The molecule has 26 heavy (non-hydrogen) atoms. The number of carbonyl (C=O) groups is 2. The van der Waals surface area contributed by atoms with Crippen molar-refractivity contribution >= 4 is 39.7 Å². The molecule has 0 radical (unpaired) electrons. The molecule has 1 atom stereocenters. The Morgan fingerprint density at radius 1 is 1.15 bits per heavy atom. The van der Waals surface area contributed by atoms with Crippen molar-refractivity contribution in [3.8, 4) is 11.3 Å². The van der Waals surface area contributed by atoms with E-state index in [1.165, 1.54) is 29.6 Å². The summed E-state index contributed by atoms with van der Waals surface area (Å²) in [5.41, 5.74) is 2.41. The van der Waals surface area contributed by atoms with Gasteiger partial charge in [0.2, 0.25) is 0 Å². The molecule has 3 rings (SSSR count). The molecule has 134 valence electrons. The molecule has 1 aromatic carbocycles. The first-order valence-corrected chi connectivity index (χ1v) is 9.69.